The average Bonchev–Trinajstić information content (AvgIpc) is 3.05. The fraction of sp³-hybridized carbons (Fsp3) is 0.235. The van der Waals surface area contributed by atoms with Crippen molar-refractivity contribution in [1.29, 1.82) is 0 Å². The van der Waals surface area contributed by atoms with Gasteiger partial charge in [-0.1, -0.05) is 90.8 Å². The predicted octanol–water partition coefficient (Wildman–Crippen LogP) is 7.37. The lowest BCUT2D eigenvalue weighted by atomic mass is 10.0. The van der Waals surface area contributed by atoms with Crippen molar-refractivity contribution in [3.8, 4) is 0 Å². The SMILES string of the molecule is CCCNC(=O)C(Cc1ccccc1)N(Cc1ccc(Cl)cc1Cl)C(=O)CN(c1cccc(C(F)(F)F)c1)S(=O)(=O)c1ccccc1. The van der Waals surface area contributed by atoms with E-state index >= 15 is 0 Å². The van der Waals surface area contributed by atoms with E-state index in [1.807, 2.05) is 6.92 Å². The second-order valence-electron chi connectivity index (χ2n) is 10.6. The molecule has 13 heteroatoms. The first-order valence-corrected chi connectivity index (χ1v) is 16.8. The molecule has 0 radical (unpaired) electrons. The molecule has 0 saturated heterocycles. The first kappa shape index (κ1) is 35.8. The van der Waals surface area contributed by atoms with Crippen molar-refractivity contribution in [2.45, 2.75) is 43.4 Å². The Morgan fingerprint density at radius 1 is 0.872 bits per heavy atom. The standard InChI is InChI=1S/C34H32Cl2F3N3O4S/c1-2-18-40-33(44)31(19-24-10-5-3-6-11-24)41(22-25-16-17-27(35)21-30(25)36)32(43)23-42(47(45,46)29-14-7-4-8-15-29)28-13-9-12-26(20-28)34(37,38)39/h3-17,20-21,31H,2,18-19,22-23H2,1H3,(H,40,44). The fourth-order valence-corrected chi connectivity index (χ4v) is 6.73. The van der Waals surface area contributed by atoms with Crippen molar-refractivity contribution in [1.82, 2.24) is 10.2 Å². The van der Waals surface area contributed by atoms with Crippen LogP contribution in [0.4, 0.5) is 18.9 Å². The minimum atomic E-state index is -4.78. The number of amides is 2. The third-order valence-electron chi connectivity index (χ3n) is 7.25. The van der Waals surface area contributed by atoms with Crippen LogP contribution in [0.1, 0.15) is 30.0 Å². The molecule has 0 saturated carbocycles. The Morgan fingerprint density at radius 3 is 2.15 bits per heavy atom. The first-order valence-electron chi connectivity index (χ1n) is 14.6. The molecule has 4 rings (SSSR count). The third kappa shape index (κ3) is 9.27. The second kappa shape index (κ2) is 15.7. The van der Waals surface area contributed by atoms with Gasteiger partial charge in [0.05, 0.1) is 16.1 Å². The molecule has 4 aromatic rings. The van der Waals surface area contributed by atoms with Crippen LogP contribution in [0.5, 0.6) is 0 Å². The number of nitrogens with zero attached hydrogens (tertiary/aromatic N) is 2. The Labute approximate surface area is 282 Å². The van der Waals surface area contributed by atoms with Crippen LogP contribution in [-0.4, -0.2) is 44.3 Å². The van der Waals surface area contributed by atoms with E-state index in [-0.39, 0.29) is 28.6 Å². The number of hydrogen-bond donors (Lipinski definition) is 1. The van der Waals surface area contributed by atoms with Gasteiger partial charge in [-0.2, -0.15) is 13.2 Å². The van der Waals surface area contributed by atoms with Gasteiger partial charge in [0.1, 0.15) is 12.6 Å². The maximum atomic E-state index is 14.4. The summed E-state index contributed by atoms with van der Waals surface area (Å²) in [6.45, 7) is 1.03. The highest BCUT2D eigenvalue weighted by atomic mass is 35.5. The van der Waals surface area contributed by atoms with Crippen molar-refractivity contribution in [3.05, 3.63) is 130 Å². The molecular weight excluding hydrogens is 674 g/mol. The van der Waals surface area contributed by atoms with Gasteiger partial charge in [0.15, 0.2) is 0 Å². The molecule has 1 N–H and O–H groups in total. The molecule has 248 valence electrons. The van der Waals surface area contributed by atoms with Gasteiger partial charge in [0.25, 0.3) is 10.0 Å². The summed E-state index contributed by atoms with van der Waals surface area (Å²) in [4.78, 5) is 29.1. The zero-order chi connectivity index (χ0) is 34.2. The summed E-state index contributed by atoms with van der Waals surface area (Å²) in [6, 6.07) is 23.2. The van der Waals surface area contributed by atoms with E-state index in [1.54, 1.807) is 48.5 Å². The summed E-state index contributed by atoms with van der Waals surface area (Å²) in [7, 11) is -4.58. The minimum absolute atomic E-state index is 0.0579. The largest absolute Gasteiger partial charge is 0.416 e. The van der Waals surface area contributed by atoms with Crippen molar-refractivity contribution < 1.29 is 31.2 Å². The zero-order valence-corrected chi connectivity index (χ0v) is 27.6. The van der Waals surface area contributed by atoms with E-state index in [9.17, 15) is 31.2 Å². The molecule has 1 atom stereocenters. The Morgan fingerprint density at radius 2 is 1.53 bits per heavy atom. The molecule has 7 nitrogen and oxygen atoms in total. The Balaban J connectivity index is 1.85. The van der Waals surface area contributed by atoms with Crippen molar-refractivity contribution in [2.24, 2.45) is 0 Å². The van der Waals surface area contributed by atoms with E-state index in [2.05, 4.69) is 5.32 Å². The van der Waals surface area contributed by atoms with Gasteiger partial charge < -0.3 is 10.2 Å². The number of carbonyl (C=O) groups excluding carboxylic acids is 2. The van der Waals surface area contributed by atoms with Crippen molar-refractivity contribution in [3.63, 3.8) is 0 Å². The van der Waals surface area contributed by atoms with E-state index in [0.717, 1.165) is 17.7 Å². The highest BCUT2D eigenvalue weighted by molar-refractivity contribution is 7.92. The number of hydrogen-bond acceptors (Lipinski definition) is 4. The van der Waals surface area contributed by atoms with E-state index in [0.29, 0.717) is 33.9 Å². The van der Waals surface area contributed by atoms with Crippen LogP contribution in [-0.2, 0) is 38.8 Å². The minimum Gasteiger partial charge on any atom is -0.354 e. The fourth-order valence-electron chi connectivity index (χ4n) is 4.84. The molecule has 2 amide bonds. The van der Waals surface area contributed by atoms with Crippen LogP contribution >= 0.6 is 23.2 Å². The molecule has 47 heavy (non-hydrogen) atoms. The van der Waals surface area contributed by atoms with Crippen LogP contribution in [0, 0.1) is 0 Å². The van der Waals surface area contributed by atoms with E-state index < -0.39 is 46.2 Å². The number of alkyl halides is 3. The summed E-state index contributed by atoms with van der Waals surface area (Å²) in [6.07, 6.45) is -4.11. The van der Waals surface area contributed by atoms with Crippen LogP contribution in [0.3, 0.4) is 0 Å². The van der Waals surface area contributed by atoms with Crippen LogP contribution < -0.4 is 9.62 Å². The molecule has 0 fully saturated rings. The van der Waals surface area contributed by atoms with E-state index in [4.69, 9.17) is 23.2 Å². The van der Waals surface area contributed by atoms with Crippen molar-refractivity contribution >= 4 is 50.7 Å². The average molecular weight is 707 g/mol. The van der Waals surface area contributed by atoms with Crippen molar-refractivity contribution in [2.75, 3.05) is 17.4 Å². The number of rotatable bonds is 13. The number of anilines is 1. The molecular formula is C34H32Cl2F3N3O4S. The lowest BCUT2D eigenvalue weighted by molar-refractivity contribution is -0.140. The number of nitrogens with one attached hydrogen (secondary N) is 1. The topological polar surface area (TPSA) is 86.8 Å². The molecule has 0 aliphatic rings. The summed E-state index contributed by atoms with van der Waals surface area (Å²) in [5.41, 5.74) is -0.337. The number of halogens is 5. The Bertz CT molecular complexity index is 1790. The van der Waals surface area contributed by atoms with E-state index in [1.165, 1.54) is 41.3 Å². The van der Waals surface area contributed by atoms with Gasteiger partial charge in [0, 0.05) is 29.6 Å². The van der Waals surface area contributed by atoms with Gasteiger partial charge in [-0.25, -0.2) is 8.42 Å². The number of benzene rings is 4. The molecule has 0 aliphatic heterocycles. The maximum Gasteiger partial charge on any atom is 0.416 e. The normalized spacial score (nSPS) is 12.3. The van der Waals surface area contributed by atoms with Gasteiger partial charge in [-0.3, -0.25) is 13.9 Å². The van der Waals surface area contributed by atoms with Crippen LogP contribution in [0.25, 0.3) is 0 Å². The Hall–Kier alpha value is -4.06. The molecule has 0 aromatic heterocycles. The number of carbonyl (C=O) groups is 2. The Kier molecular flexibility index (Phi) is 11.9. The van der Waals surface area contributed by atoms with Gasteiger partial charge >= 0.3 is 6.18 Å². The zero-order valence-electron chi connectivity index (χ0n) is 25.3. The highest BCUT2D eigenvalue weighted by Crippen LogP contribution is 2.33. The third-order valence-corrected chi connectivity index (χ3v) is 9.62. The lowest BCUT2D eigenvalue weighted by Gasteiger charge is -2.34. The molecule has 0 aliphatic carbocycles. The monoisotopic (exact) mass is 705 g/mol. The molecule has 4 aromatic carbocycles. The lowest BCUT2D eigenvalue weighted by Crippen LogP contribution is -2.53. The van der Waals surface area contributed by atoms with Crippen LogP contribution in [0.15, 0.2) is 108 Å². The smallest absolute Gasteiger partial charge is 0.354 e. The second-order valence-corrected chi connectivity index (χ2v) is 13.3. The molecule has 0 spiro atoms. The van der Waals surface area contributed by atoms with Gasteiger partial charge in [0.2, 0.25) is 11.8 Å². The highest BCUT2D eigenvalue weighted by Gasteiger charge is 2.36. The summed E-state index contributed by atoms with van der Waals surface area (Å²) in [5, 5.41) is 3.36. The number of sulfonamides is 1. The molecule has 1 unspecified atom stereocenters. The summed E-state index contributed by atoms with van der Waals surface area (Å²) in [5.74, 6) is -1.34. The molecule has 0 bridgehead atoms. The molecule has 0 heterocycles. The van der Waals surface area contributed by atoms with Gasteiger partial charge in [-0.15, -0.1) is 0 Å². The predicted molar refractivity (Wildman–Crippen MR) is 177 cm³/mol. The maximum absolute atomic E-state index is 14.4. The first-order chi connectivity index (χ1) is 22.3. The van der Waals surface area contributed by atoms with Crippen LogP contribution in [0.2, 0.25) is 10.0 Å². The summed E-state index contributed by atoms with van der Waals surface area (Å²) < 4.78 is 69.9. The van der Waals surface area contributed by atoms with Gasteiger partial charge in [-0.05, 0) is 60.0 Å². The summed E-state index contributed by atoms with van der Waals surface area (Å²) >= 11 is 12.6. The quantitative estimate of drug-likeness (QED) is 0.157.